The van der Waals surface area contributed by atoms with E-state index in [1.165, 1.54) is 5.69 Å². The van der Waals surface area contributed by atoms with E-state index in [9.17, 15) is 4.79 Å². The van der Waals surface area contributed by atoms with Gasteiger partial charge in [0.05, 0.1) is 12.2 Å². The molecule has 5 nitrogen and oxygen atoms in total. The van der Waals surface area contributed by atoms with Crippen molar-refractivity contribution in [1.82, 2.24) is 4.90 Å². The van der Waals surface area contributed by atoms with Gasteiger partial charge in [-0.25, -0.2) is 4.79 Å². The summed E-state index contributed by atoms with van der Waals surface area (Å²) in [4.78, 5) is 16.4. The van der Waals surface area contributed by atoms with Gasteiger partial charge >= 0.3 is 6.09 Å². The molecule has 2 fully saturated rings. The highest BCUT2D eigenvalue weighted by Gasteiger charge is 2.29. The van der Waals surface area contributed by atoms with Crippen molar-refractivity contribution >= 4 is 27.7 Å². The summed E-state index contributed by atoms with van der Waals surface area (Å²) in [5.41, 5.74) is 0.843. The fraction of sp³-hybridized carbons (Fsp3) is 0.667. The maximum absolute atomic E-state index is 12.2. The van der Waals surface area contributed by atoms with E-state index in [4.69, 9.17) is 9.47 Å². The molecular weight excluding hydrogens is 408 g/mol. The van der Waals surface area contributed by atoms with Crippen molar-refractivity contribution in [2.24, 2.45) is 0 Å². The molecule has 0 radical (unpaired) electrons. The smallest absolute Gasteiger partial charge is 0.410 e. The van der Waals surface area contributed by atoms with Gasteiger partial charge in [0.1, 0.15) is 5.60 Å². The molecule has 0 atom stereocenters. The number of carbonyl (C=O) groups is 1. The third-order valence-electron chi connectivity index (χ3n) is 5.11. The van der Waals surface area contributed by atoms with Gasteiger partial charge in [-0.2, -0.15) is 0 Å². The summed E-state index contributed by atoms with van der Waals surface area (Å²) in [5.74, 6) is 0. The Kier molecular flexibility index (Phi) is 6.69. The number of likely N-dealkylation sites (tertiary alicyclic amines) is 1. The number of ether oxygens (including phenoxy) is 2. The Morgan fingerprint density at radius 2 is 1.48 bits per heavy atom. The summed E-state index contributed by atoms with van der Waals surface area (Å²) in [6.07, 6.45) is 4.29. The lowest BCUT2D eigenvalue weighted by molar-refractivity contribution is -0.0535. The minimum atomic E-state index is -0.437. The van der Waals surface area contributed by atoms with Crippen molar-refractivity contribution < 1.29 is 14.3 Å². The monoisotopic (exact) mass is 438 g/mol. The first kappa shape index (κ1) is 20.5. The third kappa shape index (κ3) is 6.11. The van der Waals surface area contributed by atoms with Crippen LogP contribution in [0.15, 0.2) is 28.7 Å². The fourth-order valence-electron chi connectivity index (χ4n) is 3.68. The van der Waals surface area contributed by atoms with E-state index < -0.39 is 5.60 Å². The van der Waals surface area contributed by atoms with Crippen LogP contribution in [-0.2, 0) is 9.47 Å². The lowest BCUT2D eigenvalue weighted by atomic mass is 10.0. The Morgan fingerprint density at radius 1 is 0.963 bits per heavy atom. The SMILES string of the molecule is CC(C)(C)OC(=O)N1CCC(OC2CCN(c3ccc(Br)cc3)CC2)CC1. The standard InChI is InChI=1S/C21H31BrN2O3/c1-21(2,3)27-20(25)24-14-10-19(11-15-24)26-18-8-12-23(13-9-18)17-6-4-16(22)5-7-17/h4-7,18-19H,8-15H2,1-3H3. The van der Waals surface area contributed by atoms with Crippen LogP contribution in [0.4, 0.5) is 10.5 Å². The topological polar surface area (TPSA) is 42.0 Å². The summed E-state index contributed by atoms with van der Waals surface area (Å²) in [5, 5.41) is 0. The molecule has 0 saturated carbocycles. The van der Waals surface area contributed by atoms with E-state index in [1.54, 1.807) is 4.90 Å². The third-order valence-corrected chi connectivity index (χ3v) is 5.64. The number of halogens is 1. The Morgan fingerprint density at radius 3 is 2.00 bits per heavy atom. The molecule has 6 heteroatoms. The molecule has 27 heavy (non-hydrogen) atoms. The van der Waals surface area contributed by atoms with Gasteiger partial charge in [-0.05, 0) is 70.7 Å². The van der Waals surface area contributed by atoms with Gasteiger partial charge in [-0.1, -0.05) is 15.9 Å². The lowest BCUT2D eigenvalue weighted by Gasteiger charge is -2.38. The van der Waals surface area contributed by atoms with Crippen LogP contribution in [0.3, 0.4) is 0 Å². The van der Waals surface area contributed by atoms with Crippen molar-refractivity contribution in [3.63, 3.8) is 0 Å². The number of hydrogen-bond donors (Lipinski definition) is 0. The Hall–Kier alpha value is -1.27. The second-order valence-corrected chi connectivity index (χ2v) is 9.38. The van der Waals surface area contributed by atoms with Crippen LogP contribution in [0, 0.1) is 0 Å². The molecule has 0 N–H and O–H groups in total. The highest BCUT2D eigenvalue weighted by atomic mass is 79.9. The first-order valence-electron chi connectivity index (χ1n) is 9.94. The van der Waals surface area contributed by atoms with Gasteiger partial charge in [-0.3, -0.25) is 0 Å². The zero-order valence-corrected chi connectivity index (χ0v) is 18.2. The second kappa shape index (κ2) is 8.82. The quantitative estimate of drug-likeness (QED) is 0.677. The van der Waals surface area contributed by atoms with E-state index in [1.807, 2.05) is 20.8 Å². The molecule has 1 aromatic carbocycles. The van der Waals surface area contributed by atoms with Gasteiger partial charge in [0.15, 0.2) is 0 Å². The summed E-state index contributed by atoms with van der Waals surface area (Å²) < 4.78 is 12.9. The maximum Gasteiger partial charge on any atom is 0.410 e. The van der Waals surface area contributed by atoms with Crippen LogP contribution >= 0.6 is 15.9 Å². The summed E-state index contributed by atoms with van der Waals surface area (Å²) in [6.45, 7) is 9.21. The van der Waals surface area contributed by atoms with Crippen LogP contribution in [0.1, 0.15) is 46.5 Å². The number of nitrogens with zero attached hydrogens (tertiary/aromatic N) is 2. The molecule has 0 aromatic heterocycles. The Balaban J connectivity index is 1.39. The number of anilines is 1. The normalized spacial score (nSPS) is 20.0. The maximum atomic E-state index is 12.2. The predicted molar refractivity (Wildman–Crippen MR) is 111 cm³/mol. The van der Waals surface area contributed by atoms with Gasteiger partial charge < -0.3 is 19.3 Å². The highest BCUT2D eigenvalue weighted by molar-refractivity contribution is 9.10. The Bertz CT molecular complexity index is 613. The molecule has 3 rings (SSSR count). The first-order valence-corrected chi connectivity index (χ1v) is 10.7. The van der Waals surface area contributed by atoms with Gasteiger partial charge in [0, 0.05) is 36.3 Å². The average molecular weight is 439 g/mol. The fourth-order valence-corrected chi connectivity index (χ4v) is 3.94. The summed E-state index contributed by atoms with van der Waals surface area (Å²) >= 11 is 3.49. The number of hydrogen-bond acceptors (Lipinski definition) is 4. The van der Waals surface area contributed by atoms with Crippen LogP contribution in [0.5, 0.6) is 0 Å². The average Bonchev–Trinajstić information content (AvgIpc) is 2.62. The predicted octanol–water partition coefficient (Wildman–Crippen LogP) is 4.83. The van der Waals surface area contributed by atoms with Crippen LogP contribution in [0.25, 0.3) is 0 Å². The minimum Gasteiger partial charge on any atom is -0.444 e. The first-order chi connectivity index (χ1) is 12.8. The minimum absolute atomic E-state index is 0.205. The molecule has 150 valence electrons. The van der Waals surface area contributed by atoms with E-state index in [2.05, 4.69) is 45.1 Å². The number of benzene rings is 1. The zero-order chi connectivity index (χ0) is 19.4. The molecule has 0 unspecified atom stereocenters. The van der Waals surface area contributed by atoms with Crippen molar-refractivity contribution in [1.29, 1.82) is 0 Å². The molecular formula is C21H31BrN2O3. The molecule has 2 saturated heterocycles. The number of amides is 1. The molecule has 0 spiro atoms. The molecule has 1 amide bonds. The van der Waals surface area contributed by atoms with Crippen molar-refractivity contribution in [3.8, 4) is 0 Å². The Labute approximate surface area is 171 Å². The van der Waals surface area contributed by atoms with E-state index >= 15 is 0 Å². The van der Waals surface area contributed by atoms with E-state index in [-0.39, 0.29) is 12.2 Å². The number of piperidine rings is 2. The van der Waals surface area contributed by atoms with E-state index in [0.717, 1.165) is 56.3 Å². The second-order valence-electron chi connectivity index (χ2n) is 8.47. The summed E-state index contributed by atoms with van der Waals surface area (Å²) in [6, 6.07) is 8.52. The molecule has 0 bridgehead atoms. The van der Waals surface area contributed by atoms with Crippen LogP contribution in [0.2, 0.25) is 0 Å². The molecule has 0 aliphatic carbocycles. The van der Waals surface area contributed by atoms with Crippen LogP contribution < -0.4 is 4.90 Å². The highest BCUT2D eigenvalue weighted by Crippen LogP contribution is 2.26. The van der Waals surface area contributed by atoms with Crippen molar-refractivity contribution in [2.45, 2.75) is 64.3 Å². The lowest BCUT2D eigenvalue weighted by Crippen LogP contribution is -2.45. The molecule has 2 aliphatic rings. The summed E-state index contributed by atoms with van der Waals surface area (Å²) in [7, 11) is 0. The van der Waals surface area contributed by atoms with Crippen molar-refractivity contribution in [3.05, 3.63) is 28.7 Å². The van der Waals surface area contributed by atoms with Gasteiger partial charge in [0.2, 0.25) is 0 Å². The van der Waals surface area contributed by atoms with Gasteiger partial charge in [-0.15, -0.1) is 0 Å². The molecule has 2 aliphatic heterocycles. The number of carbonyl (C=O) groups excluding carboxylic acids is 1. The van der Waals surface area contributed by atoms with Crippen molar-refractivity contribution in [2.75, 3.05) is 31.1 Å². The zero-order valence-electron chi connectivity index (χ0n) is 16.6. The van der Waals surface area contributed by atoms with Gasteiger partial charge in [0.25, 0.3) is 0 Å². The molecule has 2 heterocycles. The number of rotatable bonds is 3. The molecule has 1 aromatic rings. The largest absolute Gasteiger partial charge is 0.444 e. The van der Waals surface area contributed by atoms with E-state index in [0.29, 0.717) is 6.10 Å². The van der Waals surface area contributed by atoms with Crippen LogP contribution in [-0.4, -0.2) is 55.0 Å².